The molecule has 1 aromatic rings. The van der Waals surface area contributed by atoms with Gasteiger partial charge in [-0.15, -0.1) is 0 Å². The molecule has 0 saturated heterocycles. The lowest BCUT2D eigenvalue weighted by Gasteiger charge is -2.09. The molecule has 0 fully saturated rings. The second-order valence-corrected chi connectivity index (χ2v) is 3.39. The molecule has 0 aromatic heterocycles. The summed E-state index contributed by atoms with van der Waals surface area (Å²) in [5.74, 6) is -0.277. The van der Waals surface area contributed by atoms with Gasteiger partial charge in [-0.25, -0.2) is 9.76 Å². The van der Waals surface area contributed by atoms with Gasteiger partial charge in [0.05, 0.1) is 0 Å². The standard InChI is InChI=1S/C10H13NO2S/c1-6-4-5-9(8(3)7(6)2)10(12)11-13-14/h4-5,14H,1-3H3,(H,11,12). The quantitative estimate of drug-likeness (QED) is 0.447. The van der Waals surface area contributed by atoms with Gasteiger partial charge in [0.1, 0.15) is 0 Å². The van der Waals surface area contributed by atoms with Gasteiger partial charge in [0.2, 0.25) is 0 Å². The molecule has 0 saturated carbocycles. The molecule has 0 atom stereocenters. The van der Waals surface area contributed by atoms with E-state index in [1.54, 1.807) is 6.07 Å². The van der Waals surface area contributed by atoms with E-state index in [0.29, 0.717) is 5.56 Å². The fourth-order valence-electron chi connectivity index (χ4n) is 1.30. The normalized spacial score (nSPS) is 10.0. The Labute approximate surface area is 89.0 Å². The Morgan fingerprint density at radius 1 is 1.29 bits per heavy atom. The van der Waals surface area contributed by atoms with Crippen molar-refractivity contribution in [2.75, 3.05) is 0 Å². The first-order valence-electron chi connectivity index (χ1n) is 4.25. The van der Waals surface area contributed by atoms with E-state index in [1.165, 1.54) is 5.56 Å². The lowest BCUT2D eigenvalue weighted by molar-refractivity contribution is 0.0801. The number of aryl methyl sites for hydroxylation is 1. The van der Waals surface area contributed by atoms with Crippen LogP contribution in [0, 0.1) is 20.8 Å². The van der Waals surface area contributed by atoms with Gasteiger partial charge in [0.15, 0.2) is 0 Å². The summed E-state index contributed by atoms with van der Waals surface area (Å²) in [6, 6.07) is 3.69. The Hall–Kier alpha value is -1.00. The lowest BCUT2D eigenvalue weighted by atomic mass is 9.99. The van der Waals surface area contributed by atoms with Gasteiger partial charge in [0, 0.05) is 18.5 Å². The minimum atomic E-state index is -0.277. The summed E-state index contributed by atoms with van der Waals surface area (Å²) in [6.45, 7) is 5.91. The predicted octanol–water partition coefficient (Wildman–Crippen LogP) is 2.12. The number of carbonyl (C=O) groups is 1. The van der Waals surface area contributed by atoms with Crippen molar-refractivity contribution >= 4 is 18.8 Å². The molecule has 1 amide bonds. The molecule has 0 unspecified atom stereocenters. The van der Waals surface area contributed by atoms with E-state index in [2.05, 4.69) is 22.7 Å². The molecule has 76 valence electrons. The van der Waals surface area contributed by atoms with E-state index in [-0.39, 0.29) is 5.91 Å². The van der Waals surface area contributed by atoms with Gasteiger partial charge in [0.25, 0.3) is 5.91 Å². The van der Waals surface area contributed by atoms with Gasteiger partial charge >= 0.3 is 0 Å². The topological polar surface area (TPSA) is 38.3 Å². The first kappa shape index (κ1) is 11.1. The highest BCUT2D eigenvalue weighted by molar-refractivity contribution is 7.75. The number of hydrogen-bond donors (Lipinski definition) is 2. The highest BCUT2D eigenvalue weighted by atomic mass is 32.1. The molecule has 1 aromatic carbocycles. The van der Waals surface area contributed by atoms with Crippen molar-refractivity contribution in [3.8, 4) is 0 Å². The van der Waals surface area contributed by atoms with Crippen LogP contribution in [0.2, 0.25) is 0 Å². The molecule has 1 N–H and O–H groups in total. The highest BCUT2D eigenvalue weighted by Crippen LogP contribution is 2.16. The summed E-state index contributed by atoms with van der Waals surface area (Å²) in [5, 5.41) is 0. The number of hydroxylamine groups is 1. The Morgan fingerprint density at radius 3 is 2.50 bits per heavy atom. The predicted molar refractivity (Wildman–Crippen MR) is 58.2 cm³/mol. The summed E-state index contributed by atoms with van der Waals surface area (Å²) < 4.78 is 4.28. The van der Waals surface area contributed by atoms with Crippen molar-refractivity contribution in [1.29, 1.82) is 0 Å². The van der Waals surface area contributed by atoms with Crippen LogP contribution in [0.1, 0.15) is 27.0 Å². The average molecular weight is 211 g/mol. The third kappa shape index (κ3) is 2.08. The largest absolute Gasteiger partial charge is 0.276 e. The Bertz CT molecular complexity index is 363. The Morgan fingerprint density at radius 2 is 1.93 bits per heavy atom. The summed E-state index contributed by atoms with van der Waals surface area (Å²) >= 11 is 3.46. The smallest absolute Gasteiger partial charge is 0.267 e. The second kappa shape index (κ2) is 4.48. The molecule has 0 aliphatic heterocycles. The monoisotopic (exact) mass is 211 g/mol. The van der Waals surface area contributed by atoms with E-state index in [4.69, 9.17) is 0 Å². The molecule has 0 bridgehead atoms. The summed E-state index contributed by atoms with van der Waals surface area (Å²) in [4.78, 5) is 11.4. The van der Waals surface area contributed by atoms with Crippen molar-refractivity contribution in [3.05, 3.63) is 34.4 Å². The number of amides is 1. The van der Waals surface area contributed by atoms with Crippen molar-refractivity contribution in [3.63, 3.8) is 0 Å². The summed E-state index contributed by atoms with van der Waals surface area (Å²) in [7, 11) is 0. The van der Waals surface area contributed by atoms with E-state index in [0.717, 1.165) is 11.1 Å². The van der Waals surface area contributed by atoms with Gasteiger partial charge in [-0.2, -0.15) is 0 Å². The second-order valence-electron chi connectivity index (χ2n) is 3.20. The maximum Gasteiger partial charge on any atom is 0.276 e. The van der Waals surface area contributed by atoms with E-state index >= 15 is 0 Å². The molecule has 0 aliphatic carbocycles. The zero-order chi connectivity index (χ0) is 10.7. The van der Waals surface area contributed by atoms with Crippen LogP contribution in [0.25, 0.3) is 0 Å². The number of hydrogen-bond acceptors (Lipinski definition) is 3. The van der Waals surface area contributed by atoms with Gasteiger partial charge in [-0.3, -0.25) is 4.79 Å². The van der Waals surface area contributed by atoms with Crippen LogP contribution in [0.4, 0.5) is 0 Å². The molecule has 1 rings (SSSR count). The minimum absolute atomic E-state index is 0.277. The Balaban J connectivity index is 3.11. The van der Waals surface area contributed by atoms with Crippen LogP contribution in [0.5, 0.6) is 0 Å². The molecule has 0 radical (unpaired) electrons. The molecule has 0 spiro atoms. The zero-order valence-electron chi connectivity index (χ0n) is 8.42. The summed E-state index contributed by atoms with van der Waals surface area (Å²) in [6.07, 6.45) is 0. The maximum absolute atomic E-state index is 11.4. The fourth-order valence-corrected chi connectivity index (χ4v) is 1.38. The van der Waals surface area contributed by atoms with E-state index < -0.39 is 0 Å². The zero-order valence-corrected chi connectivity index (χ0v) is 9.31. The molecule has 4 heteroatoms. The van der Waals surface area contributed by atoms with Crippen LogP contribution >= 0.6 is 12.9 Å². The molecule has 0 aliphatic rings. The number of thiol groups is 1. The van der Waals surface area contributed by atoms with Crippen LogP contribution in [-0.4, -0.2) is 5.91 Å². The number of carbonyl (C=O) groups excluding carboxylic acids is 1. The van der Waals surface area contributed by atoms with Crippen molar-refractivity contribution in [2.24, 2.45) is 0 Å². The third-order valence-corrected chi connectivity index (χ3v) is 2.53. The lowest BCUT2D eigenvalue weighted by Crippen LogP contribution is -2.21. The van der Waals surface area contributed by atoms with Gasteiger partial charge in [-0.1, -0.05) is 6.07 Å². The van der Waals surface area contributed by atoms with Crippen molar-refractivity contribution < 1.29 is 9.08 Å². The van der Waals surface area contributed by atoms with Crippen LogP contribution < -0.4 is 5.48 Å². The van der Waals surface area contributed by atoms with Crippen LogP contribution in [0.15, 0.2) is 12.1 Å². The first-order valence-corrected chi connectivity index (χ1v) is 4.62. The average Bonchev–Trinajstić information content (AvgIpc) is 2.15. The SMILES string of the molecule is Cc1ccc(C(=O)NOS)c(C)c1C. The van der Waals surface area contributed by atoms with Crippen molar-refractivity contribution in [1.82, 2.24) is 5.48 Å². The minimum Gasteiger partial charge on any atom is -0.267 e. The molecular weight excluding hydrogens is 198 g/mol. The van der Waals surface area contributed by atoms with Crippen LogP contribution in [-0.2, 0) is 4.28 Å². The van der Waals surface area contributed by atoms with Crippen molar-refractivity contribution in [2.45, 2.75) is 20.8 Å². The molecular formula is C10H13NO2S. The number of rotatable bonds is 2. The highest BCUT2D eigenvalue weighted by Gasteiger charge is 2.10. The number of benzene rings is 1. The Kier molecular flexibility index (Phi) is 3.55. The maximum atomic E-state index is 11.4. The van der Waals surface area contributed by atoms with Gasteiger partial charge < -0.3 is 0 Å². The first-order chi connectivity index (χ1) is 6.57. The summed E-state index contributed by atoms with van der Waals surface area (Å²) in [5.41, 5.74) is 6.05. The molecule has 14 heavy (non-hydrogen) atoms. The fraction of sp³-hybridized carbons (Fsp3) is 0.300. The van der Waals surface area contributed by atoms with Crippen LogP contribution in [0.3, 0.4) is 0 Å². The van der Waals surface area contributed by atoms with Gasteiger partial charge in [-0.05, 0) is 43.5 Å². The van der Waals surface area contributed by atoms with E-state index in [9.17, 15) is 4.79 Å². The third-order valence-electron chi connectivity index (χ3n) is 2.44. The molecule has 3 nitrogen and oxygen atoms in total. The molecule has 0 heterocycles. The number of nitrogens with one attached hydrogen (secondary N) is 1. The van der Waals surface area contributed by atoms with E-state index in [1.807, 2.05) is 26.8 Å².